The summed E-state index contributed by atoms with van der Waals surface area (Å²) >= 11 is 0. The minimum absolute atomic E-state index is 0.183. The molecule has 1 N–H and O–H groups in total. The largest absolute Gasteiger partial charge is 0.462 e. The van der Waals surface area contributed by atoms with Crippen LogP contribution in [-0.4, -0.2) is 35.9 Å². The Balaban J connectivity index is 1.69. The van der Waals surface area contributed by atoms with E-state index in [1.807, 2.05) is 42.5 Å². The quantitative estimate of drug-likeness (QED) is 0.462. The highest BCUT2D eigenvalue weighted by Gasteiger charge is 2.26. The van der Waals surface area contributed by atoms with Crippen molar-refractivity contribution >= 4 is 17.7 Å². The molecule has 0 spiro atoms. The summed E-state index contributed by atoms with van der Waals surface area (Å²) in [5, 5.41) is 0. The van der Waals surface area contributed by atoms with Gasteiger partial charge < -0.3 is 14.5 Å². The van der Waals surface area contributed by atoms with Crippen molar-refractivity contribution in [1.82, 2.24) is 4.98 Å². The molecule has 6 nitrogen and oxygen atoms in total. The number of aryl methyl sites for hydroxylation is 2. The second kappa shape index (κ2) is 9.22. The summed E-state index contributed by atoms with van der Waals surface area (Å²) in [4.78, 5) is 40.2. The smallest absolute Gasteiger partial charge is 0.340 e. The van der Waals surface area contributed by atoms with Crippen LogP contribution in [-0.2, 0) is 9.47 Å². The van der Waals surface area contributed by atoms with Crippen LogP contribution in [0.3, 0.4) is 0 Å². The number of H-pyrrole nitrogens is 1. The number of Topliss-reactive ketones (excluding diaryl/α,β-unsaturated/α-hetero) is 1. The fraction of sp³-hybridized carbons (Fsp3) is 0.208. The van der Waals surface area contributed by atoms with Crippen molar-refractivity contribution < 1.29 is 23.9 Å². The number of carbonyl (C=O) groups excluding carboxylic acids is 3. The van der Waals surface area contributed by atoms with Gasteiger partial charge in [0.1, 0.15) is 0 Å². The van der Waals surface area contributed by atoms with E-state index in [2.05, 4.69) is 4.98 Å². The summed E-state index contributed by atoms with van der Waals surface area (Å²) < 4.78 is 10.2. The first-order valence-corrected chi connectivity index (χ1v) is 9.64. The number of ether oxygens (including phenoxy) is 2. The number of benzene rings is 2. The second-order valence-corrected chi connectivity index (χ2v) is 6.79. The Bertz CT molecular complexity index is 1060. The molecule has 0 saturated heterocycles. The van der Waals surface area contributed by atoms with Crippen molar-refractivity contribution in [3.05, 3.63) is 82.7 Å². The van der Waals surface area contributed by atoms with E-state index < -0.39 is 24.3 Å². The van der Waals surface area contributed by atoms with Crippen molar-refractivity contribution in [1.29, 1.82) is 0 Å². The average Bonchev–Trinajstić information content (AvgIpc) is 3.06. The van der Waals surface area contributed by atoms with Crippen LogP contribution in [0.5, 0.6) is 0 Å². The van der Waals surface area contributed by atoms with Crippen molar-refractivity contribution in [3.8, 4) is 11.1 Å². The van der Waals surface area contributed by atoms with E-state index in [1.54, 1.807) is 32.9 Å². The Morgan fingerprint density at radius 1 is 0.767 bits per heavy atom. The van der Waals surface area contributed by atoms with Gasteiger partial charge >= 0.3 is 11.9 Å². The van der Waals surface area contributed by atoms with Gasteiger partial charge in [0.2, 0.25) is 5.78 Å². The van der Waals surface area contributed by atoms with Gasteiger partial charge in [-0.3, -0.25) is 4.79 Å². The van der Waals surface area contributed by atoms with E-state index >= 15 is 0 Å². The molecular formula is C24H23NO5. The maximum absolute atomic E-state index is 12.7. The molecular weight excluding hydrogens is 382 g/mol. The molecule has 0 radical (unpaired) electrons. The standard InChI is InChI=1S/C24H23NO5/c1-4-29-24(28)22-16(3)25-15(2)21(22)20(26)14-30-23(27)19-12-10-18(11-13-19)17-8-6-5-7-9-17/h5-13,25H,4,14H2,1-3H3. The van der Waals surface area contributed by atoms with Crippen LogP contribution in [0.2, 0.25) is 0 Å². The molecule has 1 heterocycles. The highest BCUT2D eigenvalue weighted by Crippen LogP contribution is 2.22. The van der Waals surface area contributed by atoms with Crippen molar-refractivity contribution in [2.24, 2.45) is 0 Å². The van der Waals surface area contributed by atoms with Gasteiger partial charge in [-0.05, 0) is 44.0 Å². The molecule has 0 aliphatic rings. The molecule has 2 aromatic carbocycles. The van der Waals surface area contributed by atoms with Gasteiger partial charge in [0.05, 0.1) is 23.3 Å². The molecule has 3 aromatic rings. The molecule has 30 heavy (non-hydrogen) atoms. The average molecular weight is 405 g/mol. The summed E-state index contributed by atoms with van der Waals surface area (Å²) in [7, 11) is 0. The number of nitrogens with one attached hydrogen (secondary N) is 1. The molecule has 1 aromatic heterocycles. The third-order valence-electron chi connectivity index (χ3n) is 4.70. The van der Waals surface area contributed by atoms with Gasteiger partial charge in [-0.25, -0.2) is 9.59 Å². The normalized spacial score (nSPS) is 10.5. The van der Waals surface area contributed by atoms with Crippen LogP contribution in [0, 0.1) is 13.8 Å². The Kier molecular flexibility index (Phi) is 6.47. The zero-order valence-corrected chi connectivity index (χ0v) is 17.2. The van der Waals surface area contributed by atoms with Gasteiger partial charge in [0.25, 0.3) is 0 Å². The maximum Gasteiger partial charge on any atom is 0.340 e. The molecule has 0 fully saturated rings. The Morgan fingerprint density at radius 3 is 2.00 bits per heavy atom. The summed E-state index contributed by atoms with van der Waals surface area (Å²) in [6, 6.07) is 16.8. The van der Waals surface area contributed by atoms with Crippen LogP contribution in [0.4, 0.5) is 0 Å². The lowest BCUT2D eigenvalue weighted by Crippen LogP contribution is -2.18. The number of hydrogen-bond acceptors (Lipinski definition) is 5. The number of aromatic nitrogens is 1. The van der Waals surface area contributed by atoms with E-state index in [0.717, 1.165) is 11.1 Å². The Morgan fingerprint density at radius 2 is 1.37 bits per heavy atom. The second-order valence-electron chi connectivity index (χ2n) is 6.79. The van der Waals surface area contributed by atoms with Crippen LogP contribution >= 0.6 is 0 Å². The third-order valence-corrected chi connectivity index (χ3v) is 4.70. The number of ketones is 1. The number of rotatable bonds is 7. The summed E-state index contributed by atoms with van der Waals surface area (Å²) in [6.07, 6.45) is 0. The fourth-order valence-corrected chi connectivity index (χ4v) is 3.30. The highest BCUT2D eigenvalue weighted by atomic mass is 16.5. The van der Waals surface area contributed by atoms with Crippen LogP contribution in [0.25, 0.3) is 11.1 Å². The van der Waals surface area contributed by atoms with Crippen LogP contribution < -0.4 is 0 Å². The zero-order valence-electron chi connectivity index (χ0n) is 17.2. The molecule has 0 unspecified atom stereocenters. The lowest BCUT2D eigenvalue weighted by atomic mass is 10.0. The zero-order chi connectivity index (χ0) is 21.7. The Hall–Kier alpha value is -3.67. The fourth-order valence-electron chi connectivity index (χ4n) is 3.30. The lowest BCUT2D eigenvalue weighted by Gasteiger charge is -2.08. The minimum atomic E-state index is -0.606. The van der Waals surface area contributed by atoms with E-state index in [4.69, 9.17) is 9.47 Å². The van der Waals surface area contributed by atoms with Gasteiger partial charge in [0, 0.05) is 11.4 Å². The van der Waals surface area contributed by atoms with E-state index in [0.29, 0.717) is 17.0 Å². The number of aromatic amines is 1. The Labute approximate surface area is 174 Å². The predicted molar refractivity (Wildman–Crippen MR) is 113 cm³/mol. The molecule has 0 bridgehead atoms. The minimum Gasteiger partial charge on any atom is -0.462 e. The molecule has 0 aliphatic heterocycles. The van der Waals surface area contributed by atoms with E-state index in [9.17, 15) is 14.4 Å². The van der Waals surface area contributed by atoms with Gasteiger partial charge in [0.15, 0.2) is 6.61 Å². The molecule has 154 valence electrons. The summed E-state index contributed by atoms with van der Waals surface area (Å²) in [6.45, 7) is 4.80. The third kappa shape index (κ3) is 4.49. The number of carbonyl (C=O) groups is 3. The molecule has 6 heteroatoms. The summed E-state index contributed by atoms with van der Waals surface area (Å²) in [5.41, 5.74) is 3.80. The van der Waals surface area contributed by atoms with Gasteiger partial charge in [-0.2, -0.15) is 0 Å². The lowest BCUT2D eigenvalue weighted by molar-refractivity contribution is 0.0472. The molecule has 3 rings (SSSR count). The van der Waals surface area contributed by atoms with E-state index in [1.165, 1.54) is 0 Å². The first-order chi connectivity index (χ1) is 14.4. The highest BCUT2D eigenvalue weighted by molar-refractivity contribution is 6.09. The molecule has 0 saturated carbocycles. The van der Waals surface area contributed by atoms with Gasteiger partial charge in [-0.15, -0.1) is 0 Å². The van der Waals surface area contributed by atoms with Crippen molar-refractivity contribution in [2.75, 3.05) is 13.2 Å². The molecule has 0 aliphatic carbocycles. The number of hydrogen-bond donors (Lipinski definition) is 1. The maximum atomic E-state index is 12.7. The molecule has 0 atom stereocenters. The van der Waals surface area contributed by atoms with Crippen LogP contribution in [0.15, 0.2) is 54.6 Å². The van der Waals surface area contributed by atoms with Crippen molar-refractivity contribution in [3.63, 3.8) is 0 Å². The van der Waals surface area contributed by atoms with E-state index in [-0.39, 0.29) is 17.7 Å². The van der Waals surface area contributed by atoms with Gasteiger partial charge in [-0.1, -0.05) is 42.5 Å². The first-order valence-electron chi connectivity index (χ1n) is 9.64. The SMILES string of the molecule is CCOC(=O)c1c(C)[nH]c(C)c1C(=O)COC(=O)c1ccc(-c2ccccc2)cc1. The topological polar surface area (TPSA) is 85.5 Å². The summed E-state index contributed by atoms with van der Waals surface area (Å²) in [5.74, 6) is -1.65. The van der Waals surface area contributed by atoms with Crippen LogP contribution in [0.1, 0.15) is 49.4 Å². The first kappa shape index (κ1) is 21.0. The monoisotopic (exact) mass is 405 g/mol. The van der Waals surface area contributed by atoms with Crippen molar-refractivity contribution in [2.45, 2.75) is 20.8 Å². The molecule has 0 amide bonds. The predicted octanol–water partition coefficient (Wildman–Crippen LogP) is 4.51. The number of esters is 2.